The Bertz CT molecular complexity index is 664. The lowest BCUT2D eigenvalue weighted by Crippen LogP contribution is -2.25. The zero-order valence-electron chi connectivity index (χ0n) is 13.2. The average Bonchev–Trinajstić information content (AvgIpc) is 2.82. The molecule has 0 fully saturated rings. The molecule has 2 aromatic carbocycles. The predicted octanol–water partition coefficient (Wildman–Crippen LogP) is 3.18. The van der Waals surface area contributed by atoms with Crippen molar-refractivity contribution >= 4 is 0 Å². The maximum absolute atomic E-state index is 9.37. The SMILES string of the molecule is CC1(C)Cc2cccc(CNCc3ccccc3CO)c2O1. The maximum Gasteiger partial charge on any atom is 0.127 e. The lowest BCUT2D eigenvalue weighted by atomic mass is 10.0. The van der Waals surface area contributed by atoms with Crippen LogP contribution < -0.4 is 10.1 Å². The molecule has 2 aromatic rings. The molecule has 0 radical (unpaired) electrons. The second-order valence-electron chi connectivity index (χ2n) is 6.47. The van der Waals surface area contributed by atoms with Gasteiger partial charge in [-0.05, 0) is 30.5 Å². The number of aliphatic hydroxyl groups is 1. The van der Waals surface area contributed by atoms with Crippen molar-refractivity contribution < 1.29 is 9.84 Å². The number of benzene rings is 2. The van der Waals surface area contributed by atoms with Crippen molar-refractivity contribution in [3.8, 4) is 5.75 Å². The molecule has 0 amide bonds. The molecule has 0 aliphatic carbocycles. The van der Waals surface area contributed by atoms with E-state index in [1.165, 1.54) is 11.1 Å². The highest BCUT2D eigenvalue weighted by Gasteiger charge is 2.31. The van der Waals surface area contributed by atoms with Crippen molar-refractivity contribution in [1.29, 1.82) is 0 Å². The third kappa shape index (κ3) is 3.16. The molecule has 1 aliphatic rings. The van der Waals surface area contributed by atoms with E-state index in [0.29, 0.717) is 0 Å². The van der Waals surface area contributed by atoms with Crippen molar-refractivity contribution in [2.75, 3.05) is 0 Å². The largest absolute Gasteiger partial charge is 0.487 e. The molecule has 0 aromatic heterocycles. The topological polar surface area (TPSA) is 41.5 Å². The Morgan fingerprint density at radius 2 is 1.68 bits per heavy atom. The fourth-order valence-corrected chi connectivity index (χ4v) is 3.03. The first-order chi connectivity index (χ1) is 10.6. The van der Waals surface area contributed by atoms with Crippen LogP contribution in [0.1, 0.15) is 36.1 Å². The summed E-state index contributed by atoms with van der Waals surface area (Å²) < 4.78 is 6.09. The monoisotopic (exact) mass is 297 g/mol. The van der Waals surface area contributed by atoms with Crippen LogP contribution in [0.3, 0.4) is 0 Å². The molecule has 1 heterocycles. The van der Waals surface area contributed by atoms with Crippen molar-refractivity contribution in [3.05, 3.63) is 64.7 Å². The first-order valence-corrected chi connectivity index (χ1v) is 7.77. The Morgan fingerprint density at radius 3 is 2.45 bits per heavy atom. The summed E-state index contributed by atoms with van der Waals surface area (Å²) in [7, 11) is 0. The molecular weight excluding hydrogens is 274 g/mol. The smallest absolute Gasteiger partial charge is 0.127 e. The first kappa shape index (κ1) is 15.1. The standard InChI is InChI=1S/C19H23NO2/c1-19(2)10-14-8-5-9-16(18(14)22-19)12-20-11-15-6-3-4-7-17(15)13-21/h3-9,20-21H,10-13H2,1-2H3. The summed E-state index contributed by atoms with van der Waals surface area (Å²) >= 11 is 0. The fourth-order valence-electron chi connectivity index (χ4n) is 3.03. The second-order valence-corrected chi connectivity index (χ2v) is 6.47. The molecule has 0 spiro atoms. The van der Waals surface area contributed by atoms with Crippen molar-refractivity contribution in [1.82, 2.24) is 5.32 Å². The molecule has 0 atom stereocenters. The van der Waals surface area contributed by atoms with Crippen LogP contribution in [0, 0.1) is 0 Å². The van der Waals surface area contributed by atoms with Crippen LogP contribution in [0.4, 0.5) is 0 Å². The Morgan fingerprint density at radius 1 is 1.00 bits per heavy atom. The molecule has 0 unspecified atom stereocenters. The van der Waals surface area contributed by atoms with Gasteiger partial charge in [0.05, 0.1) is 6.61 Å². The molecule has 22 heavy (non-hydrogen) atoms. The number of ether oxygens (including phenoxy) is 1. The van der Waals surface area contributed by atoms with Gasteiger partial charge < -0.3 is 15.2 Å². The molecule has 3 nitrogen and oxygen atoms in total. The molecule has 0 saturated carbocycles. The summed E-state index contributed by atoms with van der Waals surface area (Å²) in [5.41, 5.74) is 4.50. The van der Waals surface area contributed by atoms with E-state index in [1.54, 1.807) is 0 Å². The van der Waals surface area contributed by atoms with Crippen LogP contribution in [0.15, 0.2) is 42.5 Å². The van der Waals surface area contributed by atoms with E-state index in [-0.39, 0.29) is 12.2 Å². The van der Waals surface area contributed by atoms with Gasteiger partial charge in [0.25, 0.3) is 0 Å². The molecule has 1 aliphatic heterocycles. The van der Waals surface area contributed by atoms with Gasteiger partial charge in [0.1, 0.15) is 11.4 Å². The van der Waals surface area contributed by atoms with Crippen molar-refractivity contribution in [2.45, 2.75) is 45.6 Å². The van der Waals surface area contributed by atoms with E-state index >= 15 is 0 Å². The number of hydrogen-bond donors (Lipinski definition) is 2. The second kappa shape index (κ2) is 6.11. The van der Waals surface area contributed by atoms with Crippen LogP contribution in [0.5, 0.6) is 5.75 Å². The van der Waals surface area contributed by atoms with Gasteiger partial charge in [-0.2, -0.15) is 0 Å². The van der Waals surface area contributed by atoms with Gasteiger partial charge >= 0.3 is 0 Å². The van der Waals surface area contributed by atoms with E-state index in [2.05, 4.69) is 37.4 Å². The van der Waals surface area contributed by atoms with E-state index < -0.39 is 0 Å². The highest BCUT2D eigenvalue weighted by molar-refractivity contribution is 5.45. The zero-order chi connectivity index (χ0) is 15.6. The van der Waals surface area contributed by atoms with Crippen LogP contribution in [0.25, 0.3) is 0 Å². The van der Waals surface area contributed by atoms with E-state index in [1.807, 2.05) is 24.3 Å². The predicted molar refractivity (Wildman–Crippen MR) is 87.8 cm³/mol. The minimum atomic E-state index is -0.109. The summed E-state index contributed by atoms with van der Waals surface area (Å²) in [5.74, 6) is 1.04. The molecule has 2 N–H and O–H groups in total. The molecule has 3 rings (SSSR count). The highest BCUT2D eigenvalue weighted by atomic mass is 16.5. The van der Waals surface area contributed by atoms with E-state index in [0.717, 1.165) is 36.4 Å². The lowest BCUT2D eigenvalue weighted by molar-refractivity contribution is 0.137. The van der Waals surface area contributed by atoms with Gasteiger partial charge in [-0.3, -0.25) is 0 Å². The number of nitrogens with one attached hydrogen (secondary N) is 1. The quantitative estimate of drug-likeness (QED) is 0.890. The normalized spacial score (nSPS) is 15.4. The van der Waals surface area contributed by atoms with Gasteiger partial charge in [0.2, 0.25) is 0 Å². The first-order valence-electron chi connectivity index (χ1n) is 7.77. The number of rotatable bonds is 5. The summed E-state index contributed by atoms with van der Waals surface area (Å²) in [6, 6.07) is 14.3. The summed E-state index contributed by atoms with van der Waals surface area (Å²) in [6.45, 7) is 5.84. The number of aliphatic hydroxyl groups excluding tert-OH is 1. The number of hydrogen-bond acceptors (Lipinski definition) is 3. The zero-order valence-corrected chi connectivity index (χ0v) is 13.2. The maximum atomic E-state index is 9.37. The Kier molecular flexibility index (Phi) is 4.19. The number of fused-ring (bicyclic) bond motifs is 1. The van der Waals surface area contributed by atoms with Gasteiger partial charge in [-0.25, -0.2) is 0 Å². The third-order valence-electron chi connectivity index (χ3n) is 4.09. The van der Waals surface area contributed by atoms with Gasteiger partial charge in [-0.1, -0.05) is 42.5 Å². The summed E-state index contributed by atoms with van der Waals surface area (Å²) in [6.07, 6.45) is 0.962. The average molecular weight is 297 g/mol. The summed E-state index contributed by atoms with van der Waals surface area (Å²) in [4.78, 5) is 0. The molecule has 0 saturated heterocycles. The molecule has 116 valence electrons. The minimum Gasteiger partial charge on any atom is -0.487 e. The van der Waals surface area contributed by atoms with Crippen molar-refractivity contribution in [3.63, 3.8) is 0 Å². The van der Waals surface area contributed by atoms with Crippen LogP contribution in [-0.2, 0) is 26.1 Å². The minimum absolute atomic E-state index is 0.0793. The highest BCUT2D eigenvalue weighted by Crippen LogP contribution is 2.37. The Balaban J connectivity index is 1.67. The fraction of sp³-hybridized carbons (Fsp3) is 0.368. The molecule has 3 heteroatoms. The van der Waals surface area contributed by atoms with E-state index in [9.17, 15) is 5.11 Å². The molecule has 0 bridgehead atoms. The van der Waals surface area contributed by atoms with Gasteiger partial charge in [0, 0.05) is 25.1 Å². The van der Waals surface area contributed by atoms with E-state index in [4.69, 9.17) is 4.74 Å². The van der Waals surface area contributed by atoms with Crippen LogP contribution in [-0.4, -0.2) is 10.7 Å². The van der Waals surface area contributed by atoms with Gasteiger partial charge in [0.15, 0.2) is 0 Å². The molecular formula is C19H23NO2. The van der Waals surface area contributed by atoms with Crippen LogP contribution >= 0.6 is 0 Å². The summed E-state index contributed by atoms with van der Waals surface area (Å²) in [5, 5.41) is 12.8. The Hall–Kier alpha value is -1.84. The van der Waals surface area contributed by atoms with Crippen molar-refractivity contribution in [2.24, 2.45) is 0 Å². The third-order valence-corrected chi connectivity index (χ3v) is 4.09. The van der Waals surface area contributed by atoms with Crippen LogP contribution in [0.2, 0.25) is 0 Å². The Labute approximate surface area is 131 Å². The lowest BCUT2D eigenvalue weighted by Gasteiger charge is -2.18. The number of para-hydroxylation sites is 1. The van der Waals surface area contributed by atoms with Gasteiger partial charge in [-0.15, -0.1) is 0 Å².